The molecule has 0 bridgehead atoms. The van der Waals surface area contributed by atoms with Gasteiger partial charge in [0.1, 0.15) is 0 Å². The molecule has 72 valence electrons. The lowest BCUT2D eigenvalue weighted by Gasteiger charge is -2.24. The third kappa shape index (κ3) is 2.81. The van der Waals surface area contributed by atoms with E-state index in [1.807, 2.05) is 18.3 Å². The van der Waals surface area contributed by atoms with Gasteiger partial charge in [-0.05, 0) is 25.0 Å². The predicted molar refractivity (Wildman–Crippen MR) is 55.3 cm³/mol. The van der Waals surface area contributed by atoms with Crippen molar-refractivity contribution in [2.75, 3.05) is 0 Å². The molecule has 1 aromatic rings. The van der Waals surface area contributed by atoms with E-state index in [9.17, 15) is 0 Å². The number of rotatable bonds is 4. The molecule has 0 amide bonds. The summed E-state index contributed by atoms with van der Waals surface area (Å²) in [5, 5.41) is 0. The zero-order valence-corrected chi connectivity index (χ0v) is 8.46. The van der Waals surface area contributed by atoms with Gasteiger partial charge >= 0.3 is 0 Å². The van der Waals surface area contributed by atoms with Crippen LogP contribution in [0.15, 0.2) is 24.5 Å². The molecule has 0 aliphatic heterocycles. The lowest BCUT2D eigenvalue weighted by molar-refractivity contribution is 0.432. The van der Waals surface area contributed by atoms with E-state index < -0.39 is 0 Å². The topological polar surface area (TPSA) is 38.9 Å². The van der Waals surface area contributed by atoms with E-state index >= 15 is 0 Å². The zero-order valence-electron chi connectivity index (χ0n) is 8.46. The van der Waals surface area contributed by atoms with Crippen LogP contribution in [0, 0.1) is 0 Å². The minimum atomic E-state index is -0.218. The molecule has 0 aromatic carbocycles. The van der Waals surface area contributed by atoms with Gasteiger partial charge in [-0.1, -0.05) is 25.8 Å². The number of aromatic nitrogens is 1. The van der Waals surface area contributed by atoms with Crippen molar-refractivity contribution in [3.8, 4) is 0 Å². The third-order valence-electron chi connectivity index (χ3n) is 2.37. The molecule has 2 heteroatoms. The first-order valence-electron chi connectivity index (χ1n) is 4.86. The van der Waals surface area contributed by atoms with Crippen LogP contribution in [-0.2, 0) is 5.54 Å². The smallest absolute Gasteiger partial charge is 0.0396 e. The Balaban J connectivity index is 2.69. The average molecular weight is 178 g/mol. The number of hydrogen-bond donors (Lipinski definition) is 1. The van der Waals surface area contributed by atoms with Gasteiger partial charge in [-0.2, -0.15) is 0 Å². The molecule has 0 saturated heterocycles. The van der Waals surface area contributed by atoms with Crippen molar-refractivity contribution in [2.45, 2.75) is 38.6 Å². The Hall–Kier alpha value is -0.890. The lowest BCUT2D eigenvalue weighted by Crippen LogP contribution is -2.32. The Morgan fingerprint density at radius 2 is 2.31 bits per heavy atom. The van der Waals surface area contributed by atoms with Crippen LogP contribution in [0.5, 0.6) is 0 Å². The molecular weight excluding hydrogens is 160 g/mol. The van der Waals surface area contributed by atoms with Crippen molar-refractivity contribution >= 4 is 0 Å². The second-order valence-electron chi connectivity index (χ2n) is 3.76. The maximum Gasteiger partial charge on any atom is 0.0396 e. The van der Waals surface area contributed by atoms with Gasteiger partial charge in [0, 0.05) is 17.9 Å². The first kappa shape index (κ1) is 10.2. The van der Waals surface area contributed by atoms with Gasteiger partial charge in [0.15, 0.2) is 0 Å². The molecule has 2 nitrogen and oxygen atoms in total. The number of hydrogen-bond acceptors (Lipinski definition) is 2. The normalized spacial score (nSPS) is 15.3. The fraction of sp³-hybridized carbons (Fsp3) is 0.545. The Kier molecular flexibility index (Phi) is 3.43. The summed E-state index contributed by atoms with van der Waals surface area (Å²) in [5.41, 5.74) is 7.09. The van der Waals surface area contributed by atoms with Gasteiger partial charge in [0.25, 0.3) is 0 Å². The molecular formula is C11H18N2. The summed E-state index contributed by atoms with van der Waals surface area (Å²) in [6.45, 7) is 4.25. The molecule has 0 spiro atoms. The summed E-state index contributed by atoms with van der Waals surface area (Å²) in [5.74, 6) is 0. The molecule has 0 fully saturated rings. The summed E-state index contributed by atoms with van der Waals surface area (Å²) < 4.78 is 0. The minimum absolute atomic E-state index is 0.218. The Morgan fingerprint density at radius 3 is 2.85 bits per heavy atom. The molecule has 2 N–H and O–H groups in total. The maximum atomic E-state index is 6.18. The molecule has 0 aliphatic rings. The second kappa shape index (κ2) is 4.38. The Labute approximate surface area is 80.2 Å². The molecule has 1 aromatic heterocycles. The largest absolute Gasteiger partial charge is 0.322 e. The molecule has 13 heavy (non-hydrogen) atoms. The van der Waals surface area contributed by atoms with Crippen LogP contribution in [0.3, 0.4) is 0 Å². The van der Waals surface area contributed by atoms with Crippen LogP contribution in [0.2, 0.25) is 0 Å². The van der Waals surface area contributed by atoms with Crippen LogP contribution in [0.1, 0.15) is 38.7 Å². The van der Waals surface area contributed by atoms with E-state index in [1.54, 1.807) is 6.20 Å². The van der Waals surface area contributed by atoms with Crippen molar-refractivity contribution in [1.29, 1.82) is 0 Å². The minimum Gasteiger partial charge on any atom is -0.322 e. The molecule has 1 atom stereocenters. The molecule has 0 radical (unpaired) electrons. The van der Waals surface area contributed by atoms with Crippen molar-refractivity contribution in [3.05, 3.63) is 30.1 Å². The predicted octanol–water partition coefficient (Wildman–Crippen LogP) is 2.45. The second-order valence-corrected chi connectivity index (χ2v) is 3.76. The lowest BCUT2D eigenvalue weighted by atomic mass is 9.89. The highest BCUT2D eigenvalue weighted by atomic mass is 14.7. The molecule has 1 unspecified atom stereocenters. The Bertz CT molecular complexity index is 242. The van der Waals surface area contributed by atoms with Gasteiger partial charge in [-0.25, -0.2) is 0 Å². The van der Waals surface area contributed by atoms with Crippen LogP contribution >= 0.6 is 0 Å². The van der Waals surface area contributed by atoms with Crippen LogP contribution in [0.25, 0.3) is 0 Å². The van der Waals surface area contributed by atoms with E-state index in [1.165, 1.54) is 12.8 Å². The number of unbranched alkanes of at least 4 members (excludes halogenated alkanes) is 1. The third-order valence-corrected chi connectivity index (χ3v) is 2.37. The highest BCUT2D eigenvalue weighted by molar-refractivity contribution is 5.18. The van der Waals surface area contributed by atoms with E-state index in [0.29, 0.717) is 0 Å². The zero-order chi connectivity index (χ0) is 9.73. The van der Waals surface area contributed by atoms with Crippen molar-refractivity contribution in [1.82, 2.24) is 4.98 Å². The Morgan fingerprint density at radius 1 is 1.54 bits per heavy atom. The van der Waals surface area contributed by atoms with Crippen LogP contribution in [0.4, 0.5) is 0 Å². The fourth-order valence-electron chi connectivity index (χ4n) is 1.39. The van der Waals surface area contributed by atoms with Crippen LogP contribution < -0.4 is 5.73 Å². The van der Waals surface area contributed by atoms with Crippen molar-refractivity contribution < 1.29 is 0 Å². The van der Waals surface area contributed by atoms with E-state index in [4.69, 9.17) is 5.73 Å². The van der Waals surface area contributed by atoms with Crippen molar-refractivity contribution in [3.63, 3.8) is 0 Å². The monoisotopic (exact) mass is 178 g/mol. The fourth-order valence-corrected chi connectivity index (χ4v) is 1.39. The number of pyridine rings is 1. The van der Waals surface area contributed by atoms with E-state index in [-0.39, 0.29) is 5.54 Å². The molecule has 0 saturated carbocycles. The van der Waals surface area contributed by atoms with Gasteiger partial charge in [0.05, 0.1) is 0 Å². The maximum absolute atomic E-state index is 6.18. The highest BCUT2D eigenvalue weighted by Gasteiger charge is 2.19. The van der Waals surface area contributed by atoms with Gasteiger partial charge < -0.3 is 5.73 Å². The number of nitrogens with zero attached hydrogens (tertiary/aromatic N) is 1. The summed E-state index contributed by atoms with van der Waals surface area (Å²) in [4.78, 5) is 4.08. The standard InChI is InChI=1S/C11H18N2/c1-3-4-7-11(2,12)10-6-5-8-13-9-10/h5-6,8-9H,3-4,7,12H2,1-2H3. The molecule has 1 rings (SSSR count). The SMILES string of the molecule is CCCCC(C)(N)c1cccnc1. The molecule has 1 heterocycles. The van der Waals surface area contributed by atoms with Gasteiger partial charge in [0.2, 0.25) is 0 Å². The van der Waals surface area contributed by atoms with Gasteiger partial charge in [-0.15, -0.1) is 0 Å². The average Bonchev–Trinajstić information content (AvgIpc) is 2.16. The first-order valence-corrected chi connectivity index (χ1v) is 4.86. The quantitative estimate of drug-likeness (QED) is 0.769. The van der Waals surface area contributed by atoms with Crippen LogP contribution in [-0.4, -0.2) is 4.98 Å². The van der Waals surface area contributed by atoms with Crippen molar-refractivity contribution in [2.24, 2.45) is 5.73 Å². The highest BCUT2D eigenvalue weighted by Crippen LogP contribution is 2.22. The first-order chi connectivity index (χ1) is 6.17. The summed E-state index contributed by atoms with van der Waals surface area (Å²) in [7, 11) is 0. The summed E-state index contributed by atoms with van der Waals surface area (Å²) in [6, 6.07) is 3.98. The van der Waals surface area contributed by atoms with E-state index in [0.717, 1.165) is 12.0 Å². The molecule has 0 aliphatic carbocycles. The summed E-state index contributed by atoms with van der Waals surface area (Å²) in [6.07, 6.45) is 7.01. The summed E-state index contributed by atoms with van der Waals surface area (Å²) >= 11 is 0. The number of nitrogens with two attached hydrogens (primary N) is 1. The van der Waals surface area contributed by atoms with E-state index in [2.05, 4.69) is 18.8 Å². The van der Waals surface area contributed by atoms with Gasteiger partial charge in [-0.3, -0.25) is 4.98 Å².